The van der Waals surface area contributed by atoms with Crippen LogP contribution in [0.5, 0.6) is 0 Å². The van der Waals surface area contributed by atoms with Crippen LogP contribution in [-0.2, 0) is 0 Å². The normalized spacial score (nSPS) is 12.2. The van der Waals surface area contributed by atoms with Crippen molar-refractivity contribution in [2.45, 2.75) is 27.7 Å². The van der Waals surface area contributed by atoms with Gasteiger partial charge in [-0.15, -0.1) is 0 Å². The minimum absolute atomic E-state index is 1.29. The molecular formula is C62H42. The molecule has 13 aromatic rings. The smallest absolute Gasteiger partial charge is 0.000709 e. The van der Waals surface area contributed by atoms with Gasteiger partial charge in [0, 0.05) is 0 Å². The van der Waals surface area contributed by atoms with Crippen molar-refractivity contribution in [2.75, 3.05) is 0 Å². The summed E-state index contributed by atoms with van der Waals surface area (Å²) in [5.74, 6) is 0. The van der Waals surface area contributed by atoms with E-state index < -0.39 is 0 Å². The maximum Gasteiger partial charge on any atom is -0.000709 e. The summed E-state index contributed by atoms with van der Waals surface area (Å²) in [6.07, 6.45) is 0. The van der Waals surface area contributed by atoms with E-state index in [0.29, 0.717) is 0 Å². The first-order chi connectivity index (χ1) is 30.5. The molecule has 0 heteroatoms. The SMILES string of the molecule is Cc1ccccc1-c1ccc(-c2ccccc2C)c2c3cc4c(cc5c6c(-c7ccccc7C)c7ccccc7c(-c7ccccc7C)c6c6cccc4c65)c4cccc(c12)c43. The van der Waals surface area contributed by atoms with Gasteiger partial charge in [-0.2, -0.15) is 0 Å². The van der Waals surface area contributed by atoms with Crippen LogP contribution in [0.2, 0.25) is 0 Å². The highest BCUT2D eigenvalue weighted by molar-refractivity contribution is 6.46. The van der Waals surface area contributed by atoms with Crippen LogP contribution in [0.3, 0.4) is 0 Å². The lowest BCUT2D eigenvalue weighted by Crippen LogP contribution is -1.92. The predicted molar refractivity (Wildman–Crippen MR) is 270 cm³/mol. The Morgan fingerprint density at radius 2 is 0.516 bits per heavy atom. The molecule has 0 unspecified atom stereocenters. The van der Waals surface area contributed by atoms with Crippen LogP contribution in [0, 0.1) is 27.7 Å². The summed E-state index contributed by atoms with van der Waals surface area (Å²) in [6.45, 7) is 9.02. The molecule has 290 valence electrons. The molecule has 13 aromatic carbocycles. The van der Waals surface area contributed by atoms with Gasteiger partial charge in [0.1, 0.15) is 0 Å². The lowest BCUT2D eigenvalue weighted by Gasteiger charge is -2.18. The Morgan fingerprint density at radius 3 is 0.968 bits per heavy atom. The fraction of sp³-hybridized carbons (Fsp3) is 0.0645. The van der Waals surface area contributed by atoms with Crippen molar-refractivity contribution in [2.24, 2.45) is 0 Å². The van der Waals surface area contributed by atoms with Gasteiger partial charge < -0.3 is 0 Å². The third kappa shape index (κ3) is 4.67. The van der Waals surface area contributed by atoms with Gasteiger partial charge in [-0.1, -0.05) is 170 Å². The molecule has 0 radical (unpaired) electrons. The third-order valence-corrected chi connectivity index (χ3v) is 14.3. The van der Waals surface area contributed by atoms with Gasteiger partial charge in [-0.25, -0.2) is 0 Å². The van der Waals surface area contributed by atoms with Crippen LogP contribution in [0.15, 0.2) is 182 Å². The highest BCUT2D eigenvalue weighted by Gasteiger charge is 2.27. The van der Waals surface area contributed by atoms with Crippen LogP contribution in [0.25, 0.3) is 131 Å². The summed E-state index contributed by atoms with van der Waals surface area (Å²) in [7, 11) is 0. The molecule has 0 spiro atoms. The highest BCUT2D eigenvalue weighted by atomic mass is 14.3. The van der Waals surface area contributed by atoms with E-state index in [4.69, 9.17) is 0 Å². The number of aryl methyl sites for hydroxylation is 4. The van der Waals surface area contributed by atoms with Gasteiger partial charge in [-0.05, 0) is 193 Å². The number of hydrogen-bond acceptors (Lipinski definition) is 0. The summed E-state index contributed by atoms with van der Waals surface area (Å²) >= 11 is 0. The van der Waals surface area contributed by atoms with Gasteiger partial charge in [0.05, 0.1) is 0 Å². The quantitative estimate of drug-likeness (QED) is 0.156. The van der Waals surface area contributed by atoms with E-state index >= 15 is 0 Å². The van der Waals surface area contributed by atoms with E-state index in [0.717, 1.165) is 0 Å². The summed E-state index contributed by atoms with van der Waals surface area (Å²) in [6, 6.07) is 68.9. The van der Waals surface area contributed by atoms with Gasteiger partial charge >= 0.3 is 0 Å². The zero-order valence-corrected chi connectivity index (χ0v) is 35.3. The summed E-state index contributed by atoms with van der Waals surface area (Å²) in [4.78, 5) is 0. The Balaban J connectivity index is 1.28. The first kappa shape index (κ1) is 35.2. The van der Waals surface area contributed by atoms with E-state index in [9.17, 15) is 0 Å². The van der Waals surface area contributed by atoms with Crippen molar-refractivity contribution in [1.82, 2.24) is 0 Å². The molecule has 0 atom stereocenters. The van der Waals surface area contributed by atoms with Crippen molar-refractivity contribution < 1.29 is 0 Å². The Morgan fingerprint density at radius 1 is 0.194 bits per heavy atom. The number of benzene rings is 11. The Hall–Kier alpha value is -7.54. The van der Waals surface area contributed by atoms with Crippen LogP contribution < -0.4 is 0 Å². The fourth-order valence-corrected chi connectivity index (χ4v) is 11.6. The maximum absolute atomic E-state index is 2.57. The molecule has 0 bridgehead atoms. The molecule has 0 saturated carbocycles. The zero-order chi connectivity index (χ0) is 41.4. The molecule has 0 aliphatic carbocycles. The van der Waals surface area contributed by atoms with Gasteiger partial charge in [0.15, 0.2) is 0 Å². The standard InChI is InChI=1S/C62H42/c1-35-17-5-9-21-39(35)47-31-32-48(40-22-10-6-18-36(40)2)60-53-33-51-46-28-16-30-50-56(46)54(34-52(51)45-27-15-29-49(55(45)53)59(47)60)62-58(42-24-12-8-20-38(42)4)44-26-14-13-25-43(44)57(61(50)62)41-23-11-7-19-37(41)3/h5-34H,1-4H3. The van der Waals surface area contributed by atoms with E-state index in [1.165, 1.54) is 153 Å². The minimum atomic E-state index is 1.29. The molecule has 0 aromatic heterocycles. The molecule has 0 fully saturated rings. The second-order valence-electron chi connectivity index (χ2n) is 17.6. The Bertz CT molecular complexity index is 4010. The van der Waals surface area contributed by atoms with Crippen molar-refractivity contribution in [3.05, 3.63) is 204 Å². The highest BCUT2D eigenvalue weighted by Crippen LogP contribution is 2.55. The topological polar surface area (TPSA) is 0 Å². The molecule has 0 N–H and O–H groups in total. The molecule has 0 saturated heterocycles. The molecule has 13 rings (SSSR count). The van der Waals surface area contributed by atoms with Gasteiger partial charge in [0.2, 0.25) is 0 Å². The number of fused-ring (bicyclic) bond motifs is 10. The largest absolute Gasteiger partial charge is 0.0620 e. The minimum Gasteiger partial charge on any atom is -0.0620 e. The monoisotopic (exact) mass is 786 g/mol. The molecule has 0 aliphatic rings. The molecule has 0 heterocycles. The lowest BCUT2D eigenvalue weighted by molar-refractivity contribution is 1.46. The average Bonchev–Trinajstić information content (AvgIpc) is 3.81. The van der Waals surface area contributed by atoms with Crippen molar-refractivity contribution in [3.8, 4) is 44.5 Å². The Labute approximate surface area is 361 Å². The Kier molecular flexibility index (Phi) is 7.38. The molecule has 0 aliphatic heterocycles. The van der Waals surface area contributed by atoms with Gasteiger partial charge in [-0.3, -0.25) is 0 Å². The van der Waals surface area contributed by atoms with E-state index in [1.807, 2.05) is 0 Å². The second-order valence-corrected chi connectivity index (χ2v) is 17.6. The third-order valence-electron chi connectivity index (χ3n) is 14.3. The van der Waals surface area contributed by atoms with Crippen LogP contribution in [0.4, 0.5) is 0 Å². The number of hydrogen-bond donors (Lipinski definition) is 0. The van der Waals surface area contributed by atoms with Crippen LogP contribution in [0.1, 0.15) is 22.3 Å². The molecular weight excluding hydrogens is 745 g/mol. The van der Waals surface area contributed by atoms with E-state index in [2.05, 4.69) is 210 Å². The summed E-state index contributed by atoms with van der Waals surface area (Å²) < 4.78 is 0. The summed E-state index contributed by atoms with van der Waals surface area (Å²) in [5, 5.41) is 21.2. The zero-order valence-electron chi connectivity index (χ0n) is 35.3. The number of rotatable bonds is 4. The summed E-state index contributed by atoms with van der Waals surface area (Å²) in [5.41, 5.74) is 15.6. The first-order valence-electron chi connectivity index (χ1n) is 21.9. The van der Waals surface area contributed by atoms with Crippen LogP contribution >= 0.6 is 0 Å². The van der Waals surface area contributed by atoms with Crippen LogP contribution in [-0.4, -0.2) is 0 Å². The van der Waals surface area contributed by atoms with E-state index in [-0.39, 0.29) is 0 Å². The van der Waals surface area contributed by atoms with Crippen molar-refractivity contribution in [3.63, 3.8) is 0 Å². The molecule has 62 heavy (non-hydrogen) atoms. The van der Waals surface area contributed by atoms with Crippen molar-refractivity contribution in [1.29, 1.82) is 0 Å². The van der Waals surface area contributed by atoms with E-state index in [1.54, 1.807) is 0 Å². The molecule has 0 nitrogen and oxygen atoms in total. The lowest BCUT2D eigenvalue weighted by atomic mass is 9.84. The predicted octanol–water partition coefficient (Wildman–Crippen LogP) is 17.7. The second kappa shape index (κ2) is 13.0. The van der Waals surface area contributed by atoms with Gasteiger partial charge in [0.25, 0.3) is 0 Å². The molecule has 0 amide bonds. The van der Waals surface area contributed by atoms with Crippen molar-refractivity contribution >= 4 is 86.2 Å². The average molecular weight is 787 g/mol. The fourth-order valence-electron chi connectivity index (χ4n) is 11.6. The maximum atomic E-state index is 2.57. The first-order valence-corrected chi connectivity index (χ1v) is 21.9.